The quantitative estimate of drug-likeness (QED) is 0.301. The first-order valence-electron chi connectivity index (χ1n) is 8.32. The highest BCUT2D eigenvalue weighted by molar-refractivity contribution is 7.89. The minimum Gasteiger partial charge on any atom is -0.457 e. The molecule has 0 bridgehead atoms. The zero-order valence-electron chi connectivity index (χ0n) is 15.0. The third-order valence-electron chi connectivity index (χ3n) is 3.69. The fraction of sp³-hybridized carbons (Fsp3) is 0.235. The van der Waals surface area contributed by atoms with Gasteiger partial charge < -0.3 is 14.5 Å². The van der Waals surface area contributed by atoms with Gasteiger partial charge in [0.05, 0.1) is 4.90 Å². The molecule has 0 saturated heterocycles. The van der Waals surface area contributed by atoms with Crippen molar-refractivity contribution in [1.29, 1.82) is 0 Å². The first-order valence-corrected chi connectivity index (χ1v) is 11.4. The Balaban J connectivity index is 2.20. The number of amides is 1. The summed E-state index contributed by atoms with van der Waals surface area (Å²) in [6.07, 6.45) is -1.03. The van der Waals surface area contributed by atoms with Gasteiger partial charge in [-0.3, -0.25) is 4.79 Å². The molecule has 0 spiro atoms. The Morgan fingerprint density at radius 2 is 1.68 bits per heavy atom. The van der Waals surface area contributed by atoms with Crippen molar-refractivity contribution in [3.8, 4) is 11.5 Å². The van der Waals surface area contributed by atoms with Crippen LogP contribution in [-0.2, 0) is 19.4 Å². The Morgan fingerprint density at radius 3 is 2.18 bits per heavy atom. The fourth-order valence-electron chi connectivity index (χ4n) is 2.39. The van der Waals surface area contributed by atoms with Crippen LogP contribution in [0.15, 0.2) is 59.5 Å². The molecule has 1 amide bonds. The maximum atomic E-state index is 12.6. The fourth-order valence-corrected chi connectivity index (χ4v) is 4.35. The van der Waals surface area contributed by atoms with Crippen molar-refractivity contribution in [3.63, 3.8) is 0 Å². The highest BCUT2D eigenvalue weighted by Gasteiger charge is 2.34. The van der Waals surface area contributed by atoms with E-state index in [0.29, 0.717) is 17.9 Å². The molecule has 1 unspecified atom stereocenters. The van der Waals surface area contributed by atoms with Crippen LogP contribution in [0.2, 0.25) is 0 Å². The second kappa shape index (κ2) is 9.31. The molecule has 0 aromatic heterocycles. The van der Waals surface area contributed by atoms with Gasteiger partial charge in [0.1, 0.15) is 17.7 Å². The van der Waals surface area contributed by atoms with Gasteiger partial charge in [-0.2, -0.15) is 4.72 Å². The Hall–Kier alpha value is -2.23. The van der Waals surface area contributed by atoms with E-state index in [1.165, 1.54) is 24.3 Å². The molecule has 0 aliphatic heterocycles. The standard InChI is InChI=1S/C17H21N2O7PS/c1-2-6-17(19(13-20)27(21,22)23)18-28(24,25)16-11-9-15(10-12-16)26-14-7-4-3-5-8-14/h3-5,7-13,17-18H,2,6H2,1H3,(H2,21,22,23). The van der Waals surface area contributed by atoms with Crippen LogP contribution in [0.5, 0.6) is 11.5 Å². The molecule has 1 atom stereocenters. The largest absolute Gasteiger partial charge is 0.457 e. The molecule has 28 heavy (non-hydrogen) atoms. The Labute approximate surface area is 163 Å². The van der Waals surface area contributed by atoms with Gasteiger partial charge in [-0.15, -0.1) is 0 Å². The number of rotatable bonds is 10. The number of nitrogens with zero attached hydrogens (tertiary/aromatic N) is 1. The van der Waals surface area contributed by atoms with Gasteiger partial charge in [0.25, 0.3) is 0 Å². The van der Waals surface area contributed by atoms with Gasteiger partial charge in [0.15, 0.2) is 0 Å². The van der Waals surface area contributed by atoms with Crippen LogP contribution in [0.1, 0.15) is 19.8 Å². The number of hydrogen-bond acceptors (Lipinski definition) is 5. The molecule has 2 rings (SSSR count). The van der Waals surface area contributed by atoms with E-state index >= 15 is 0 Å². The summed E-state index contributed by atoms with van der Waals surface area (Å²) in [5, 5.41) is 0. The van der Waals surface area contributed by atoms with E-state index in [1.807, 2.05) is 6.07 Å². The van der Waals surface area contributed by atoms with Crippen LogP contribution < -0.4 is 9.46 Å². The zero-order chi connectivity index (χ0) is 20.8. The third-order valence-corrected chi connectivity index (χ3v) is 6.14. The lowest BCUT2D eigenvalue weighted by Crippen LogP contribution is -2.45. The number of benzene rings is 2. The molecule has 9 nitrogen and oxygen atoms in total. The van der Waals surface area contributed by atoms with Crippen molar-refractivity contribution < 1.29 is 32.3 Å². The molecule has 2 aromatic carbocycles. The van der Waals surface area contributed by atoms with E-state index in [-0.39, 0.29) is 22.4 Å². The lowest BCUT2D eigenvalue weighted by molar-refractivity contribution is -0.116. The summed E-state index contributed by atoms with van der Waals surface area (Å²) >= 11 is 0. The van der Waals surface area contributed by atoms with Gasteiger partial charge in [-0.25, -0.2) is 17.7 Å². The van der Waals surface area contributed by atoms with Gasteiger partial charge in [-0.1, -0.05) is 31.5 Å². The number of para-hydroxylation sites is 1. The van der Waals surface area contributed by atoms with Crippen LogP contribution in [0.4, 0.5) is 0 Å². The summed E-state index contributed by atoms with van der Waals surface area (Å²) in [5.41, 5.74) is 0. The zero-order valence-corrected chi connectivity index (χ0v) is 16.7. The van der Waals surface area contributed by atoms with E-state index in [0.717, 1.165) is 0 Å². The van der Waals surface area contributed by atoms with Crippen LogP contribution in [-0.4, -0.2) is 35.5 Å². The highest BCUT2D eigenvalue weighted by Crippen LogP contribution is 2.40. The number of hydrogen-bond donors (Lipinski definition) is 3. The average molecular weight is 428 g/mol. The molecule has 11 heteroatoms. The normalized spacial score (nSPS) is 13.0. The third kappa shape index (κ3) is 5.88. The summed E-state index contributed by atoms with van der Waals surface area (Å²) in [6.45, 7) is 1.69. The van der Waals surface area contributed by atoms with Crippen LogP contribution in [0.25, 0.3) is 0 Å². The first-order chi connectivity index (χ1) is 13.2. The first kappa shape index (κ1) is 22.1. The molecule has 3 N–H and O–H groups in total. The van der Waals surface area contributed by atoms with E-state index in [9.17, 15) is 27.6 Å². The van der Waals surface area contributed by atoms with Crippen molar-refractivity contribution in [2.24, 2.45) is 0 Å². The van der Waals surface area contributed by atoms with Crippen LogP contribution >= 0.6 is 7.75 Å². The SMILES string of the molecule is CCCC(NS(=O)(=O)c1ccc(Oc2ccccc2)cc1)N(C=O)P(=O)(O)O. The second-order valence-electron chi connectivity index (χ2n) is 5.81. The maximum absolute atomic E-state index is 12.6. The summed E-state index contributed by atoms with van der Waals surface area (Å²) in [6, 6.07) is 14.4. The van der Waals surface area contributed by atoms with Crippen molar-refractivity contribution in [2.45, 2.75) is 30.8 Å². The summed E-state index contributed by atoms with van der Waals surface area (Å²) < 4.78 is 44.6. The maximum Gasteiger partial charge on any atom is 0.433 e. The number of nitrogens with one attached hydrogen (secondary N) is 1. The van der Waals surface area contributed by atoms with Crippen molar-refractivity contribution in [2.75, 3.05) is 0 Å². The van der Waals surface area contributed by atoms with Gasteiger partial charge >= 0.3 is 7.75 Å². The Morgan fingerprint density at radius 1 is 1.11 bits per heavy atom. The molecule has 0 saturated carbocycles. The van der Waals surface area contributed by atoms with Gasteiger partial charge in [-0.05, 0) is 42.8 Å². The van der Waals surface area contributed by atoms with E-state index in [2.05, 4.69) is 4.72 Å². The Kier molecular flexibility index (Phi) is 7.34. The highest BCUT2D eigenvalue weighted by atomic mass is 32.2. The van der Waals surface area contributed by atoms with E-state index in [4.69, 9.17) is 4.74 Å². The van der Waals surface area contributed by atoms with E-state index in [1.54, 1.807) is 31.2 Å². The number of ether oxygens (including phenoxy) is 1. The molecular formula is C17H21N2O7PS. The number of sulfonamides is 1. The average Bonchev–Trinajstić information content (AvgIpc) is 2.62. The lowest BCUT2D eigenvalue weighted by atomic mass is 10.3. The minimum atomic E-state index is -4.97. The lowest BCUT2D eigenvalue weighted by Gasteiger charge is -2.28. The molecule has 0 radical (unpaired) electrons. The van der Waals surface area contributed by atoms with Crippen molar-refractivity contribution in [1.82, 2.24) is 9.39 Å². The minimum absolute atomic E-state index is 0.0261. The molecule has 152 valence electrons. The van der Waals surface area contributed by atoms with Crippen molar-refractivity contribution >= 4 is 24.2 Å². The smallest absolute Gasteiger partial charge is 0.433 e. The molecule has 0 heterocycles. The van der Waals surface area contributed by atoms with Crippen molar-refractivity contribution in [3.05, 3.63) is 54.6 Å². The summed E-state index contributed by atoms with van der Waals surface area (Å²) in [5.74, 6) is 1.00. The van der Waals surface area contributed by atoms with E-state index < -0.39 is 23.9 Å². The van der Waals surface area contributed by atoms with Crippen LogP contribution in [0.3, 0.4) is 0 Å². The molecular weight excluding hydrogens is 407 g/mol. The van der Waals surface area contributed by atoms with Gasteiger partial charge in [0, 0.05) is 0 Å². The Bertz CT molecular complexity index is 930. The molecule has 0 aliphatic carbocycles. The van der Waals surface area contributed by atoms with Gasteiger partial charge in [0.2, 0.25) is 16.4 Å². The summed E-state index contributed by atoms with van der Waals surface area (Å²) in [7, 11) is -9.10. The molecule has 2 aromatic rings. The predicted octanol–water partition coefficient (Wildman–Crippen LogP) is 2.43. The van der Waals surface area contributed by atoms with Crippen LogP contribution in [0, 0.1) is 0 Å². The molecule has 0 aliphatic rings. The second-order valence-corrected chi connectivity index (χ2v) is 9.01. The monoisotopic (exact) mass is 428 g/mol. The summed E-state index contributed by atoms with van der Waals surface area (Å²) in [4.78, 5) is 29.5. The molecule has 0 fully saturated rings. The topological polar surface area (TPSA) is 133 Å². The number of carbonyl (C=O) groups excluding carboxylic acids is 1. The number of carbonyl (C=O) groups is 1. The predicted molar refractivity (Wildman–Crippen MR) is 102 cm³/mol.